The van der Waals surface area contributed by atoms with Crippen LogP contribution in [0, 0.1) is 0 Å². The summed E-state index contributed by atoms with van der Waals surface area (Å²) in [6, 6.07) is 12.0. The fraction of sp³-hybridized carbons (Fsp3) is 0.360. The van der Waals surface area contributed by atoms with Crippen molar-refractivity contribution in [2.24, 2.45) is 0 Å². The van der Waals surface area contributed by atoms with Crippen molar-refractivity contribution in [1.29, 1.82) is 0 Å². The van der Waals surface area contributed by atoms with Crippen molar-refractivity contribution in [2.45, 2.75) is 38.3 Å². The van der Waals surface area contributed by atoms with Gasteiger partial charge in [-0.1, -0.05) is 53.9 Å². The van der Waals surface area contributed by atoms with Crippen LogP contribution in [0.5, 0.6) is 0 Å². The Labute approximate surface area is 198 Å². The molecule has 32 heavy (non-hydrogen) atoms. The summed E-state index contributed by atoms with van der Waals surface area (Å²) in [5.41, 5.74) is 4.52. The van der Waals surface area contributed by atoms with Crippen LogP contribution in [0.4, 0.5) is 0 Å². The molecule has 1 N–H and O–H groups in total. The van der Waals surface area contributed by atoms with Gasteiger partial charge in [0.25, 0.3) is 0 Å². The summed E-state index contributed by atoms with van der Waals surface area (Å²) in [6.07, 6.45) is 8.19. The minimum atomic E-state index is -0.0101. The van der Waals surface area contributed by atoms with E-state index in [9.17, 15) is 4.79 Å². The van der Waals surface area contributed by atoms with Crippen molar-refractivity contribution < 1.29 is 4.79 Å². The number of carbonyl (C=O) groups excluding carboxylic acids is 1. The number of hydrogen-bond acceptors (Lipinski definition) is 3. The molecule has 1 fully saturated rings. The van der Waals surface area contributed by atoms with Gasteiger partial charge in [-0.2, -0.15) is 5.10 Å². The Morgan fingerprint density at radius 2 is 2.06 bits per heavy atom. The summed E-state index contributed by atoms with van der Waals surface area (Å²) in [7, 11) is 0. The molecule has 2 aromatic carbocycles. The van der Waals surface area contributed by atoms with Crippen molar-refractivity contribution in [2.75, 3.05) is 19.6 Å². The first-order valence-electron chi connectivity index (χ1n) is 11.2. The van der Waals surface area contributed by atoms with Gasteiger partial charge in [-0.25, -0.2) is 0 Å². The number of nitrogens with one attached hydrogen (secondary N) is 1. The fourth-order valence-corrected chi connectivity index (χ4v) is 5.09. The number of hydrogen-bond donors (Lipinski definition) is 1. The molecule has 1 saturated heterocycles. The topological polar surface area (TPSA) is 50.2 Å². The first-order chi connectivity index (χ1) is 15.6. The van der Waals surface area contributed by atoms with Gasteiger partial charge in [-0.15, -0.1) is 0 Å². The summed E-state index contributed by atoms with van der Waals surface area (Å²) >= 11 is 12.4. The van der Waals surface area contributed by atoms with Gasteiger partial charge in [0, 0.05) is 28.5 Å². The van der Waals surface area contributed by atoms with Crippen LogP contribution < -0.4 is 5.32 Å². The van der Waals surface area contributed by atoms with Crippen LogP contribution in [0.25, 0.3) is 16.5 Å². The van der Waals surface area contributed by atoms with Crippen LogP contribution in [0.1, 0.15) is 36.8 Å². The van der Waals surface area contributed by atoms with Gasteiger partial charge in [0.05, 0.1) is 24.3 Å². The number of piperidine rings is 1. The van der Waals surface area contributed by atoms with E-state index in [-0.39, 0.29) is 11.9 Å². The highest BCUT2D eigenvalue weighted by Gasteiger charge is 2.26. The van der Waals surface area contributed by atoms with E-state index in [1.54, 1.807) is 6.07 Å². The van der Waals surface area contributed by atoms with Crippen molar-refractivity contribution in [3.05, 3.63) is 69.8 Å². The summed E-state index contributed by atoms with van der Waals surface area (Å²) in [5.74, 6) is 0.244. The third-order valence-corrected chi connectivity index (χ3v) is 7.07. The number of benzene rings is 2. The quantitative estimate of drug-likeness (QED) is 0.575. The molecule has 3 aromatic rings. The fourth-order valence-electron chi connectivity index (χ4n) is 4.62. The lowest BCUT2D eigenvalue weighted by Crippen LogP contribution is -2.49. The zero-order chi connectivity index (χ0) is 22.1. The molecule has 0 aliphatic carbocycles. The monoisotopic (exact) mass is 468 g/mol. The molecular weight excluding hydrogens is 443 g/mol. The second-order valence-electron chi connectivity index (χ2n) is 8.58. The highest BCUT2D eigenvalue weighted by Crippen LogP contribution is 2.28. The van der Waals surface area contributed by atoms with Crippen molar-refractivity contribution in [3.8, 4) is 0 Å². The first kappa shape index (κ1) is 21.5. The zero-order valence-corrected chi connectivity index (χ0v) is 19.4. The van der Waals surface area contributed by atoms with Gasteiger partial charge < -0.3 is 10.2 Å². The van der Waals surface area contributed by atoms with Crippen molar-refractivity contribution in [1.82, 2.24) is 20.0 Å². The van der Waals surface area contributed by atoms with E-state index in [0.717, 1.165) is 55.2 Å². The van der Waals surface area contributed by atoms with Crippen LogP contribution in [0.15, 0.2) is 48.7 Å². The Morgan fingerprint density at radius 3 is 2.81 bits per heavy atom. The lowest BCUT2D eigenvalue weighted by molar-refractivity contribution is -0.133. The second kappa shape index (κ2) is 9.26. The molecular formula is C25H26Cl2N4O. The highest BCUT2D eigenvalue weighted by atomic mass is 35.5. The standard InChI is InChI=1S/C25H26Cl2N4O/c26-21-7-6-20(22(27)14-21)16-31-24-13-18(4-5-19(24)15-29-31)17-8-11-30(12-9-17)25(32)23-3-1-2-10-28-23/h4-8,13-15,23,28H,1-3,9-12,16H2. The lowest BCUT2D eigenvalue weighted by atomic mass is 9.97. The maximum Gasteiger partial charge on any atom is 0.239 e. The van der Waals surface area contributed by atoms with E-state index in [1.807, 2.05) is 27.9 Å². The Balaban J connectivity index is 1.34. The van der Waals surface area contributed by atoms with E-state index < -0.39 is 0 Å². The number of nitrogens with zero attached hydrogens (tertiary/aromatic N) is 3. The maximum absolute atomic E-state index is 12.8. The summed E-state index contributed by atoms with van der Waals surface area (Å²) in [5, 5.41) is 10.3. The predicted octanol–water partition coefficient (Wildman–Crippen LogP) is 5.15. The molecule has 7 heteroatoms. The van der Waals surface area contributed by atoms with Gasteiger partial charge in [-0.3, -0.25) is 9.48 Å². The highest BCUT2D eigenvalue weighted by molar-refractivity contribution is 6.35. The Morgan fingerprint density at radius 1 is 1.16 bits per heavy atom. The van der Waals surface area contributed by atoms with Crippen LogP contribution in [0.2, 0.25) is 10.0 Å². The minimum absolute atomic E-state index is 0.0101. The van der Waals surface area contributed by atoms with Crippen molar-refractivity contribution >= 4 is 45.6 Å². The predicted molar refractivity (Wildman–Crippen MR) is 130 cm³/mol. The molecule has 0 bridgehead atoms. The number of amides is 1. The van der Waals surface area contributed by atoms with Gasteiger partial charge in [0.15, 0.2) is 0 Å². The number of halogens is 2. The van der Waals surface area contributed by atoms with E-state index in [1.165, 1.54) is 11.1 Å². The van der Waals surface area contributed by atoms with E-state index in [0.29, 0.717) is 23.1 Å². The molecule has 2 aliphatic heterocycles. The van der Waals surface area contributed by atoms with E-state index >= 15 is 0 Å². The SMILES string of the molecule is O=C(C1CCCCN1)N1CC=C(c2ccc3cnn(Cc4ccc(Cl)cc4Cl)c3c2)CC1. The van der Waals surface area contributed by atoms with E-state index in [2.05, 4.69) is 34.7 Å². The number of aromatic nitrogens is 2. The zero-order valence-electron chi connectivity index (χ0n) is 17.9. The molecule has 1 amide bonds. The molecule has 1 aromatic heterocycles. The third-order valence-electron chi connectivity index (χ3n) is 6.48. The average Bonchev–Trinajstić information content (AvgIpc) is 3.23. The summed E-state index contributed by atoms with van der Waals surface area (Å²) in [4.78, 5) is 14.8. The van der Waals surface area contributed by atoms with Gasteiger partial charge in [0.1, 0.15) is 0 Å². The Kier molecular flexibility index (Phi) is 6.22. The molecule has 5 rings (SSSR count). The molecule has 0 radical (unpaired) electrons. The van der Waals surface area contributed by atoms with Crippen LogP contribution in [0.3, 0.4) is 0 Å². The molecule has 0 saturated carbocycles. The van der Waals surface area contributed by atoms with Gasteiger partial charge in [0.2, 0.25) is 5.91 Å². The molecule has 5 nitrogen and oxygen atoms in total. The minimum Gasteiger partial charge on any atom is -0.337 e. The Bertz CT molecular complexity index is 1180. The maximum atomic E-state index is 12.8. The molecule has 1 unspecified atom stereocenters. The van der Waals surface area contributed by atoms with Gasteiger partial charge >= 0.3 is 0 Å². The summed E-state index contributed by atoms with van der Waals surface area (Å²) in [6.45, 7) is 2.96. The normalized spacial score (nSPS) is 19.2. The molecule has 2 aliphatic rings. The largest absolute Gasteiger partial charge is 0.337 e. The third kappa shape index (κ3) is 4.42. The second-order valence-corrected chi connectivity index (χ2v) is 9.42. The van der Waals surface area contributed by atoms with Crippen LogP contribution >= 0.6 is 23.2 Å². The van der Waals surface area contributed by atoms with Gasteiger partial charge in [-0.05, 0) is 60.7 Å². The molecule has 1 atom stereocenters. The number of fused-ring (bicyclic) bond motifs is 1. The van der Waals surface area contributed by atoms with Crippen LogP contribution in [-0.4, -0.2) is 46.3 Å². The smallest absolute Gasteiger partial charge is 0.239 e. The molecule has 0 spiro atoms. The first-order valence-corrected chi connectivity index (χ1v) is 12.0. The number of rotatable bonds is 4. The van der Waals surface area contributed by atoms with E-state index in [4.69, 9.17) is 23.2 Å². The molecule has 3 heterocycles. The van der Waals surface area contributed by atoms with Crippen LogP contribution in [-0.2, 0) is 11.3 Å². The lowest BCUT2D eigenvalue weighted by Gasteiger charge is -2.32. The Hall–Kier alpha value is -2.34. The van der Waals surface area contributed by atoms with Crippen molar-refractivity contribution in [3.63, 3.8) is 0 Å². The number of carbonyl (C=O) groups is 1. The average molecular weight is 469 g/mol. The molecule has 166 valence electrons. The summed E-state index contributed by atoms with van der Waals surface area (Å²) < 4.78 is 1.97.